The lowest BCUT2D eigenvalue weighted by Gasteiger charge is -2.12. The number of hydrogen-bond acceptors (Lipinski definition) is 2. The highest BCUT2D eigenvalue weighted by atomic mass is 19.4. The lowest BCUT2D eigenvalue weighted by molar-refractivity contribution is -0.137. The van der Waals surface area contributed by atoms with Gasteiger partial charge in [0, 0.05) is 12.2 Å². The van der Waals surface area contributed by atoms with Crippen LogP contribution in [-0.4, -0.2) is 6.61 Å². The van der Waals surface area contributed by atoms with E-state index in [-0.39, 0.29) is 0 Å². The fourth-order valence-electron chi connectivity index (χ4n) is 2.02. The van der Waals surface area contributed by atoms with Crippen LogP contribution >= 0.6 is 0 Å². The lowest BCUT2D eigenvalue weighted by atomic mass is 10.1. The minimum absolute atomic E-state index is 0.431. The highest BCUT2D eigenvalue weighted by Gasteiger charge is 2.30. The molecule has 2 rings (SSSR count). The van der Waals surface area contributed by atoms with Crippen molar-refractivity contribution in [1.82, 2.24) is 0 Å². The van der Waals surface area contributed by atoms with E-state index in [1.54, 1.807) is 6.07 Å². The van der Waals surface area contributed by atoms with Crippen LogP contribution in [0.3, 0.4) is 0 Å². The van der Waals surface area contributed by atoms with Crippen LogP contribution < -0.4 is 10.1 Å². The third-order valence-electron chi connectivity index (χ3n) is 3.17. The molecule has 124 valence electrons. The summed E-state index contributed by atoms with van der Waals surface area (Å²) in [4.78, 5) is 0. The maximum Gasteiger partial charge on any atom is 0.416 e. The molecular formula is C18H20F3NO. The Morgan fingerprint density at radius 2 is 1.78 bits per heavy atom. The van der Waals surface area contributed by atoms with Crippen molar-refractivity contribution in [3.05, 3.63) is 59.7 Å². The van der Waals surface area contributed by atoms with Gasteiger partial charge < -0.3 is 10.1 Å². The summed E-state index contributed by atoms with van der Waals surface area (Å²) in [5.41, 5.74) is 0.730. The summed E-state index contributed by atoms with van der Waals surface area (Å²) in [7, 11) is 0. The van der Waals surface area contributed by atoms with Gasteiger partial charge >= 0.3 is 6.18 Å². The molecule has 0 aliphatic carbocycles. The van der Waals surface area contributed by atoms with Crippen LogP contribution in [0.2, 0.25) is 0 Å². The molecule has 0 aromatic heterocycles. The molecule has 2 nitrogen and oxygen atoms in total. The molecule has 0 aliphatic heterocycles. The largest absolute Gasteiger partial charge is 0.493 e. The quantitative estimate of drug-likeness (QED) is 0.773. The predicted octanol–water partition coefficient (Wildman–Crippen LogP) is 5.35. The zero-order valence-corrected chi connectivity index (χ0v) is 13.2. The van der Waals surface area contributed by atoms with Crippen LogP contribution in [0.1, 0.15) is 25.0 Å². The van der Waals surface area contributed by atoms with Crippen LogP contribution in [0.4, 0.5) is 18.9 Å². The summed E-state index contributed by atoms with van der Waals surface area (Å²) in [6.45, 7) is 5.20. The molecular weight excluding hydrogens is 303 g/mol. The van der Waals surface area contributed by atoms with Crippen molar-refractivity contribution in [3.8, 4) is 5.75 Å². The van der Waals surface area contributed by atoms with Crippen molar-refractivity contribution < 1.29 is 17.9 Å². The van der Waals surface area contributed by atoms with Gasteiger partial charge in [-0.1, -0.05) is 32.0 Å². The van der Waals surface area contributed by atoms with E-state index in [1.807, 2.05) is 24.3 Å². The summed E-state index contributed by atoms with van der Waals surface area (Å²) in [5.74, 6) is 1.20. The second-order valence-electron chi connectivity index (χ2n) is 5.78. The Bertz CT molecular complexity index is 638. The number of ether oxygens (including phenoxy) is 1. The zero-order chi connectivity index (χ0) is 16.9. The molecule has 0 radical (unpaired) electrons. The van der Waals surface area contributed by atoms with E-state index in [2.05, 4.69) is 19.2 Å². The van der Waals surface area contributed by atoms with Gasteiger partial charge in [0.05, 0.1) is 12.2 Å². The van der Waals surface area contributed by atoms with E-state index in [9.17, 15) is 13.2 Å². The third kappa shape index (κ3) is 5.51. The summed E-state index contributed by atoms with van der Waals surface area (Å²) in [6.07, 6.45) is -4.33. The van der Waals surface area contributed by atoms with Crippen molar-refractivity contribution in [2.45, 2.75) is 26.6 Å². The summed E-state index contributed by atoms with van der Waals surface area (Å²) in [5, 5.41) is 3.01. The molecule has 0 spiro atoms. The molecule has 2 aromatic carbocycles. The second-order valence-corrected chi connectivity index (χ2v) is 5.78. The fourth-order valence-corrected chi connectivity index (χ4v) is 2.02. The number of halogens is 3. The number of nitrogens with one attached hydrogen (secondary N) is 1. The van der Waals surface area contributed by atoms with E-state index < -0.39 is 11.7 Å². The molecule has 0 bridgehead atoms. The summed E-state index contributed by atoms with van der Waals surface area (Å²) < 4.78 is 43.7. The first kappa shape index (κ1) is 17.2. The standard InChI is InChI=1S/C18H20F3NO/c1-13(2)12-23-17-8-3-5-14(9-17)11-22-16-7-4-6-15(10-16)18(19,20)21/h3-10,13,22H,11-12H2,1-2H3. The lowest BCUT2D eigenvalue weighted by Crippen LogP contribution is -2.07. The van der Waals surface area contributed by atoms with Crippen molar-refractivity contribution in [2.24, 2.45) is 5.92 Å². The van der Waals surface area contributed by atoms with Gasteiger partial charge in [0.2, 0.25) is 0 Å². The van der Waals surface area contributed by atoms with Crippen molar-refractivity contribution in [3.63, 3.8) is 0 Å². The fraction of sp³-hybridized carbons (Fsp3) is 0.333. The molecule has 0 unspecified atom stereocenters. The Morgan fingerprint density at radius 1 is 1.04 bits per heavy atom. The molecule has 0 atom stereocenters. The molecule has 0 saturated carbocycles. The highest BCUT2D eigenvalue weighted by molar-refractivity contribution is 5.47. The number of benzene rings is 2. The molecule has 0 amide bonds. The SMILES string of the molecule is CC(C)COc1cccc(CNc2cccc(C(F)(F)F)c2)c1. The molecule has 0 heterocycles. The average molecular weight is 323 g/mol. The number of anilines is 1. The van der Waals surface area contributed by atoms with Gasteiger partial charge in [-0.05, 0) is 41.8 Å². The molecule has 0 fully saturated rings. The number of alkyl halides is 3. The maximum absolute atomic E-state index is 12.7. The summed E-state index contributed by atoms with van der Waals surface area (Å²) >= 11 is 0. The van der Waals surface area contributed by atoms with Crippen molar-refractivity contribution >= 4 is 5.69 Å². The summed E-state index contributed by atoms with van der Waals surface area (Å²) in [6, 6.07) is 12.7. The van der Waals surface area contributed by atoms with Gasteiger partial charge in [-0.3, -0.25) is 0 Å². The molecule has 23 heavy (non-hydrogen) atoms. The zero-order valence-electron chi connectivity index (χ0n) is 13.2. The van der Waals surface area contributed by atoms with Crippen LogP contribution in [0.25, 0.3) is 0 Å². The third-order valence-corrected chi connectivity index (χ3v) is 3.17. The second kappa shape index (κ2) is 7.40. The number of hydrogen-bond donors (Lipinski definition) is 1. The molecule has 0 aliphatic rings. The van der Waals surface area contributed by atoms with Gasteiger partial charge in [-0.2, -0.15) is 13.2 Å². The van der Waals surface area contributed by atoms with Crippen LogP contribution in [0, 0.1) is 5.92 Å². The van der Waals surface area contributed by atoms with E-state index in [0.717, 1.165) is 23.4 Å². The first-order valence-electron chi connectivity index (χ1n) is 7.47. The molecule has 5 heteroatoms. The van der Waals surface area contributed by atoms with E-state index in [1.165, 1.54) is 6.07 Å². The minimum atomic E-state index is -4.33. The van der Waals surface area contributed by atoms with Gasteiger partial charge in [-0.25, -0.2) is 0 Å². The first-order chi connectivity index (χ1) is 10.8. The molecule has 0 saturated heterocycles. The van der Waals surface area contributed by atoms with Gasteiger partial charge in [0.1, 0.15) is 5.75 Å². The van der Waals surface area contributed by atoms with Crippen molar-refractivity contribution in [2.75, 3.05) is 11.9 Å². The smallest absolute Gasteiger partial charge is 0.416 e. The predicted molar refractivity (Wildman–Crippen MR) is 85.5 cm³/mol. The van der Waals surface area contributed by atoms with Gasteiger partial charge in [0.25, 0.3) is 0 Å². The average Bonchev–Trinajstić information content (AvgIpc) is 2.51. The Balaban J connectivity index is 1.99. The van der Waals surface area contributed by atoms with Crippen molar-refractivity contribution in [1.29, 1.82) is 0 Å². The topological polar surface area (TPSA) is 21.3 Å². The Morgan fingerprint density at radius 3 is 2.48 bits per heavy atom. The van der Waals surface area contributed by atoms with Crippen LogP contribution in [-0.2, 0) is 12.7 Å². The van der Waals surface area contributed by atoms with E-state index in [0.29, 0.717) is 24.8 Å². The Labute approximate surface area is 134 Å². The van der Waals surface area contributed by atoms with Crippen LogP contribution in [0.5, 0.6) is 5.75 Å². The molecule has 2 aromatic rings. The Kier molecular flexibility index (Phi) is 5.53. The first-order valence-corrected chi connectivity index (χ1v) is 7.47. The maximum atomic E-state index is 12.7. The minimum Gasteiger partial charge on any atom is -0.493 e. The monoisotopic (exact) mass is 323 g/mol. The van der Waals surface area contributed by atoms with Crippen LogP contribution in [0.15, 0.2) is 48.5 Å². The Hall–Kier alpha value is -2.17. The number of rotatable bonds is 6. The van der Waals surface area contributed by atoms with E-state index >= 15 is 0 Å². The van der Waals surface area contributed by atoms with Gasteiger partial charge in [-0.15, -0.1) is 0 Å². The van der Waals surface area contributed by atoms with E-state index in [4.69, 9.17) is 4.74 Å². The molecule has 1 N–H and O–H groups in total. The normalized spacial score (nSPS) is 11.6. The highest BCUT2D eigenvalue weighted by Crippen LogP contribution is 2.30. The van der Waals surface area contributed by atoms with Gasteiger partial charge in [0.15, 0.2) is 0 Å².